The summed E-state index contributed by atoms with van der Waals surface area (Å²) in [4.78, 5) is 0. The molecule has 0 amide bonds. The van der Waals surface area contributed by atoms with E-state index in [0.717, 1.165) is 29.6 Å². The lowest BCUT2D eigenvalue weighted by atomic mass is 9.65. The number of rotatable bonds is 2. The Morgan fingerprint density at radius 2 is 1.88 bits per heavy atom. The Kier molecular flexibility index (Phi) is 2.47. The van der Waals surface area contributed by atoms with Crippen molar-refractivity contribution >= 4 is 0 Å². The zero-order chi connectivity index (χ0) is 12.4. The molecule has 0 aromatic carbocycles. The summed E-state index contributed by atoms with van der Waals surface area (Å²) in [7, 11) is 4.15. The van der Waals surface area contributed by atoms with Crippen molar-refractivity contribution in [1.82, 2.24) is 0 Å². The summed E-state index contributed by atoms with van der Waals surface area (Å²) in [6.45, 7) is 9.93. The van der Waals surface area contributed by atoms with E-state index < -0.39 is 0 Å². The maximum Gasteiger partial charge on any atom is 0.0726 e. The van der Waals surface area contributed by atoms with Crippen LogP contribution in [-0.4, -0.2) is 5.54 Å². The van der Waals surface area contributed by atoms with Gasteiger partial charge in [0.05, 0.1) is 5.54 Å². The van der Waals surface area contributed by atoms with Crippen LogP contribution in [0.15, 0.2) is 0 Å². The third-order valence-electron chi connectivity index (χ3n) is 6.85. The molecule has 6 atom stereocenters. The van der Waals surface area contributed by atoms with Crippen molar-refractivity contribution in [3.05, 3.63) is 7.05 Å². The lowest BCUT2D eigenvalue weighted by molar-refractivity contribution is -0.685. The average Bonchev–Trinajstić information content (AvgIpc) is 2.69. The van der Waals surface area contributed by atoms with Gasteiger partial charge in [-0.1, -0.05) is 20.8 Å². The van der Waals surface area contributed by atoms with E-state index in [9.17, 15) is 0 Å². The van der Waals surface area contributed by atoms with E-state index in [0.29, 0.717) is 11.0 Å². The van der Waals surface area contributed by atoms with Gasteiger partial charge in [0.1, 0.15) is 0 Å². The lowest BCUT2D eigenvalue weighted by Gasteiger charge is -2.44. The highest BCUT2D eigenvalue weighted by atomic mass is 15.0. The molecule has 1 heteroatoms. The molecule has 98 valence electrons. The van der Waals surface area contributed by atoms with Crippen molar-refractivity contribution in [2.75, 3.05) is 0 Å². The van der Waals surface area contributed by atoms with Gasteiger partial charge < -0.3 is 5.32 Å². The average molecular weight is 235 g/mol. The zero-order valence-electron chi connectivity index (χ0n) is 12.0. The summed E-state index contributed by atoms with van der Waals surface area (Å²) in [5.74, 6) is 4.80. The molecular formula is C16H29N. The maximum absolute atomic E-state index is 4.15. The molecule has 5 unspecified atom stereocenters. The molecule has 3 aliphatic rings. The monoisotopic (exact) mass is 235 g/mol. The second-order valence-corrected chi connectivity index (χ2v) is 8.09. The molecule has 0 radical (unpaired) electrons. The van der Waals surface area contributed by atoms with E-state index in [-0.39, 0.29) is 0 Å². The molecule has 3 rings (SSSR count). The lowest BCUT2D eigenvalue weighted by Crippen LogP contribution is -2.93. The summed E-state index contributed by atoms with van der Waals surface area (Å²) in [6, 6.07) is 0. The quantitative estimate of drug-likeness (QED) is 0.709. The highest BCUT2D eigenvalue weighted by Gasteiger charge is 2.63. The van der Waals surface area contributed by atoms with Crippen LogP contribution in [0.25, 0.3) is 0 Å². The van der Waals surface area contributed by atoms with Crippen LogP contribution in [0, 0.1) is 42.1 Å². The fraction of sp³-hybridized carbons (Fsp3) is 0.938. The van der Waals surface area contributed by atoms with E-state index >= 15 is 0 Å². The van der Waals surface area contributed by atoms with Gasteiger partial charge >= 0.3 is 0 Å². The van der Waals surface area contributed by atoms with E-state index in [1.165, 1.54) is 25.7 Å². The van der Waals surface area contributed by atoms with Gasteiger partial charge in [0.15, 0.2) is 0 Å². The minimum Gasteiger partial charge on any atom is -0.474 e. The summed E-state index contributed by atoms with van der Waals surface area (Å²) < 4.78 is 0. The predicted molar refractivity (Wildman–Crippen MR) is 71.1 cm³/mol. The van der Waals surface area contributed by atoms with E-state index in [2.05, 4.69) is 40.1 Å². The number of quaternary nitrogens is 1. The first kappa shape index (κ1) is 12.0. The Labute approximate surface area is 107 Å². The molecule has 1 nitrogen and oxygen atoms in total. The van der Waals surface area contributed by atoms with Crippen molar-refractivity contribution < 1.29 is 5.32 Å². The summed E-state index contributed by atoms with van der Waals surface area (Å²) >= 11 is 0. The summed E-state index contributed by atoms with van der Waals surface area (Å²) in [6.07, 6.45) is 5.89. The summed E-state index contributed by atoms with van der Waals surface area (Å²) in [5, 5.41) is 2.29. The molecule has 0 heterocycles. The molecule has 3 aliphatic carbocycles. The maximum atomic E-state index is 4.15. The first-order valence-electron chi connectivity index (χ1n) is 7.53. The predicted octanol–water partition coefficient (Wildman–Crippen LogP) is 2.83. The SMILES string of the molecule is [CH2-][NH2+][C@@]1(C)CC2C(C(C)C)CC3(C)CC1CC23. The molecule has 0 aromatic rings. The van der Waals surface area contributed by atoms with Gasteiger partial charge in [0, 0.05) is 12.3 Å². The normalized spacial score (nSPS) is 56.8. The molecule has 2 bridgehead atoms. The van der Waals surface area contributed by atoms with Gasteiger partial charge in [-0.15, -0.1) is 0 Å². The number of nitrogens with two attached hydrogens (primary N) is 1. The highest BCUT2D eigenvalue weighted by molar-refractivity contribution is 5.12. The van der Waals surface area contributed by atoms with Crippen LogP contribution in [0.4, 0.5) is 0 Å². The Hall–Kier alpha value is -0.0400. The van der Waals surface area contributed by atoms with Gasteiger partial charge in [-0.3, -0.25) is 0 Å². The first-order valence-corrected chi connectivity index (χ1v) is 7.53. The van der Waals surface area contributed by atoms with Gasteiger partial charge in [0.25, 0.3) is 0 Å². The Morgan fingerprint density at radius 3 is 2.47 bits per heavy atom. The molecule has 0 spiro atoms. The molecule has 0 aliphatic heterocycles. The smallest absolute Gasteiger partial charge is 0.0726 e. The first-order chi connectivity index (χ1) is 7.89. The molecule has 0 saturated heterocycles. The largest absolute Gasteiger partial charge is 0.474 e. The second kappa shape index (κ2) is 3.50. The number of hydrogen-bond donors (Lipinski definition) is 1. The van der Waals surface area contributed by atoms with Gasteiger partial charge in [-0.25, -0.2) is 0 Å². The fourth-order valence-corrected chi connectivity index (χ4v) is 5.75. The van der Waals surface area contributed by atoms with Crippen molar-refractivity contribution in [2.45, 2.75) is 58.9 Å². The second-order valence-electron chi connectivity index (χ2n) is 8.09. The van der Waals surface area contributed by atoms with Gasteiger partial charge in [-0.2, -0.15) is 7.05 Å². The molecule has 3 saturated carbocycles. The fourth-order valence-electron chi connectivity index (χ4n) is 5.75. The van der Waals surface area contributed by atoms with Crippen LogP contribution >= 0.6 is 0 Å². The number of hydrogen-bond acceptors (Lipinski definition) is 0. The van der Waals surface area contributed by atoms with Crippen molar-refractivity contribution in [3.63, 3.8) is 0 Å². The Morgan fingerprint density at radius 1 is 1.18 bits per heavy atom. The van der Waals surface area contributed by atoms with Crippen molar-refractivity contribution in [1.29, 1.82) is 0 Å². The van der Waals surface area contributed by atoms with E-state index in [4.69, 9.17) is 0 Å². The van der Waals surface area contributed by atoms with Crippen LogP contribution in [0.3, 0.4) is 0 Å². The molecule has 2 N–H and O–H groups in total. The van der Waals surface area contributed by atoms with Crippen LogP contribution in [0.5, 0.6) is 0 Å². The Bertz CT molecular complexity index is 323. The third-order valence-corrected chi connectivity index (χ3v) is 6.85. The molecular weight excluding hydrogens is 206 g/mol. The standard InChI is InChI=1S/C16H29N/c1-10(2)12-8-15(3)7-11-6-14(15)13(12)9-16(11,4)17-5/h10-14H,5-9,17H2,1-4H3/t11?,12?,13?,14?,15?,16-/m0/s1. The third kappa shape index (κ3) is 1.47. The van der Waals surface area contributed by atoms with E-state index in [1.54, 1.807) is 0 Å². The van der Waals surface area contributed by atoms with Crippen LogP contribution in [0.1, 0.15) is 53.4 Å². The van der Waals surface area contributed by atoms with Crippen molar-refractivity contribution in [3.8, 4) is 0 Å². The zero-order valence-corrected chi connectivity index (χ0v) is 12.0. The van der Waals surface area contributed by atoms with Crippen LogP contribution < -0.4 is 5.32 Å². The summed E-state index contributed by atoms with van der Waals surface area (Å²) in [5.41, 5.74) is 1.11. The molecule has 0 aromatic heterocycles. The molecule has 17 heavy (non-hydrogen) atoms. The minimum atomic E-state index is 0.437. The van der Waals surface area contributed by atoms with Gasteiger partial charge in [0.2, 0.25) is 0 Å². The van der Waals surface area contributed by atoms with Crippen LogP contribution in [0.2, 0.25) is 0 Å². The van der Waals surface area contributed by atoms with Gasteiger partial charge in [-0.05, 0) is 55.3 Å². The topological polar surface area (TPSA) is 16.6 Å². The Balaban J connectivity index is 1.95. The van der Waals surface area contributed by atoms with E-state index in [1.807, 2.05) is 0 Å². The van der Waals surface area contributed by atoms with Crippen molar-refractivity contribution in [2.24, 2.45) is 35.0 Å². The highest BCUT2D eigenvalue weighted by Crippen LogP contribution is 2.67. The minimum absolute atomic E-state index is 0.437. The van der Waals surface area contributed by atoms with Crippen LogP contribution in [-0.2, 0) is 0 Å². The molecule has 3 fully saturated rings. The number of fused-ring (bicyclic) bond motifs is 1.